The maximum Gasteiger partial charge on any atom is 0.325 e. The van der Waals surface area contributed by atoms with Crippen LogP contribution in [0.4, 0.5) is 0 Å². The van der Waals surface area contributed by atoms with Crippen LogP contribution in [0.15, 0.2) is 23.2 Å². The summed E-state index contributed by atoms with van der Waals surface area (Å²) in [5.41, 5.74) is 0.625. The first-order chi connectivity index (χ1) is 13.4. The van der Waals surface area contributed by atoms with Gasteiger partial charge in [0.05, 0.1) is 18.4 Å². The molecule has 28 heavy (non-hydrogen) atoms. The maximum atomic E-state index is 12.4. The number of fused-ring (bicyclic) bond motifs is 1. The second-order valence-corrected chi connectivity index (χ2v) is 6.97. The van der Waals surface area contributed by atoms with Crippen LogP contribution in [-0.4, -0.2) is 53.4 Å². The molecule has 0 spiro atoms. The Balaban J connectivity index is 2.04. The van der Waals surface area contributed by atoms with Gasteiger partial charge >= 0.3 is 5.97 Å². The smallest absolute Gasteiger partial charge is 0.325 e. The molecule has 148 valence electrons. The van der Waals surface area contributed by atoms with Crippen LogP contribution < -0.4 is 9.54 Å². The molecule has 0 unspecified atom stereocenters. The van der Waals surface area contributed by atoms with E-state index in [1.807, 2.05) is 13.0 Å². The zero-order chi connectivity index (χ0) is 20.3. The van der Waals surface area contributed by atoms with Crippen molar-refractivity contribution in [3.63, 3.8) is 0 Å². The first-order valence-corrected chi connectivity index (χ1v) is 9.49. The summed E-state index contributed by atoms with van der Waals surface area (Å²) < 4.78 is 12.7. The molecule has 1 aromatic carbocycles. The Kier molecular flexibility index (Phi) is 5.88. The van der Waals surface area contributed by atoms with E-state index in [-0.39, 0.29) is 36.0 Å². The summed E-state index contributed by atoms with van der Waals surface area (Å²) >= 11 is 1.20. The van der Waals surface area contributed by atoms with Gasteiger partial charge in [0.2, 0.25) is 11.8 Å². The van der Waals surface area contributed by atoms with Crippen LogP contribution in [-0.2, 0) is 30.5 Å². The Morgan fingerprint density at radius 3 is 2.54 bits per heavy atom. The molecule has 1 fully saturated rings. The second-order valence-electron chi connectivity index (χ2n) is 5.96. The van der Waals surface area contributed by atoms with E-state index in [9.17, 15) is 19.2 Å². The van der Waals surface area contributed by atoms with E-state index in [4.69, 9.17) is 9.47 Å². The monoisotopic (exact) mass is 405 g/mol. The Bertz CT molecular complexity index is 1010. The molecular formula is C18H19N3O6S. The molecule has 1 aliphatic heterocycles. The zero-order valence-corrected chi connectivity index (χ0v) is 16.3. The number of nitrogens with zero attached hydrogens (tertiary/aromatic N) is 3. The molecule has 0 saturated carbocycles. The number of imide groups is 1. The molecule has 1 aromatic heterocycles. The number of aromatic nitrogens is 1. The van der Waals surface area contributed by atoms with E-state index in [0.29, 0.717) is 17.9 Å². The summed E-state index contributed by atoms with van der Waals surface area (Å²) in [6.07, 6.45) is 0.212. The fraction of sp³-hybridized carbons (Fsp3) is 0.389. The van der Waals surface area contributed by atoms with Crippen LogP contribution >= 0.6 is 11.3 Å². The van der Waals surface area contributed by atoms with Crippen LogP contribution in [0.1, 0.15) is 19.8 Å². The molecule has 9 nitrogen and oxygen atoms in total. The van der Waals surface area contributed by atoms with Crippen molar-refractivity contribution in [2.24, 2.45) is 4.99 Å². The second kappa shape index (κ2) is 8.34. The van der Waals surface area contributed by atoms with Gasteiger partial charge in [-0.3, -0.25) is 24.1 Å². The highest BCUT2D eigenvalue weighted by Crippen LogP contribution is 2.27. The van der Waals surface area contributed by atoms with E-state index in [0.717, 1.165) is 9.60 Å². The first-order valence-electron chi connectivity index (χ1n) is 8.67. The van der Waals surface area contributed by atoms with Gasteiger partial charge in [0.25, 0.3) is 5.91 Å². The third-order valence-electron chi connectivity index (χ3n) is 4.15. The van der Waals surface area contributed by atoms with Crippen LogP contribution in [0.25, 0.3) is 10.2 Å². The lowest BCUT2D eigenvalue weighted by molar-refractivity contribution is -0.142. The van der Waals surface area contributed by atoms with Crippen LogP contribution in [0, 0.1) is 0 Å². The van der Waals surface area contributed by atoms with E-state index in [1.54, 1.807) is 16.7 Å². The number of hydrogen-bond donors (Lipinski definition) is 0. The van der Waals surface area contributed by atoms with Crippen LogP contribution in [0.2, 0.25) is 0 Å². The average Bonchev–Trinajstić information content (AvgIpc) is 3.17. The predicted octanol–water partition coefficient (Wildman–Crippen LogP) is 0.851. The number of ether oxygens (including phenoxy) is 2. The highest BCUT2D eigenvalue weighted by atomic mass is 32.1. The number of para-hydroxylation sites is 1. The lowest BCUT2D eigenvalue weighted by atomic mass is 10.3. The van der Waals surface area contributed by atoms with Crippen molar-refractivity contribution < 1.29 is 28.7 Å². The van der Waals surface area contributed by atoms with Gasteiger partial charge in [-0.05, 0) is 19.1 Å². The fourth-order valence-electron chi connectivity index (χ4n) is 2.87. The Morgan fingerprint density at radius 2 is 1.89 bits per heavy atom. The molecule has 10 heteroatoms. The summed E-state index contributed by atoms with van der Waals surface area (Å²) in [6, 6.07) is 5.40. The van der Waals surface area contributed by atoms with Crippen molar-refractivity contribution in [3.05, 3.63) is 23.0 Å². The fourth-order valence-corrected chi connectivity index (χ4v) is 3.94. The first kappa shape index (κ1) is 19.7. The van der Waals surface area contributed by atoms with Gasteiger partial charge in [0, 0.05) is 12.8 Å². The predicted molar refractivity (Wildman–Crippen MR) is 99.5 cm³/mol. The molecule has 3 rings (SSSR count). The Labute approximate surface area is 164 Å². The Hall–Kier alpha value is -3.01. The van der Waals surface area contributed by atoms with Gasteiger partial charge in [0.15, 0.2) is 4.80 Å². The third-order valence-corrected chi connectivity index (χ3v) is 5.19. The normalized spacial score (nSPS) is 14.8. The Morgan fingerprint density at radius 1 is 1.18 bits per heavy atom. The molecule has 3 amide bonds. The molecule has 2 heterocycles. The van der Waals surface area contributed by atoms with Crippen molar-refractivity contribution in [1.82, 2.24) is 9.47 Å². The molecule has 0 bridgehead atoms. The van der Waals surface area contributed by atoms with Crippen molar-refractivity contribution in [2.75, 3.05) is 20.3 Å². The molecule has 2 aromatic rings. The van der Waals surface area contributed by atoms with Crippen LogP contribution in [0.3, 0.4) is 0 Å². The van der Waals surface area contributed by atoms with Crippen molar-refractivity contribution in [3.8, 4) is 5.75 Å². The van der Waals surface area contributed by atoms with Crippen molar-refractivity contribution in [2.45, 2.75) is 26.3 Å². The number of carbonyl (C=O) groups is 4. The lowest BCUT2D eigenvalue weighted by Crippen LogP contribution is -2.34. The molecule has 0 aliphatic carbocycles. The van der Waals surface area contributed by atoms with E-state index < -0.39 is 18.4 Å². The van der Waals surface area contributed by atoms with Gasteiger partial charge in [-0.25, -0.2) is 0 Å². The number of likely N-dealkylation sites (tertiary alicyclic amines) is 1. The molecule has 0 N–H and O–H groups in total. The SMILES string of the molecule is CCOc1cccc2sc(=NC(=O)CN3C(=O)CCC3=O)n(CC(=O)OC)c12. The minimum atomic E-state index is -0.647. The summed E-state index contributed by atoms with van der Waals surface area (Å²) in [5.74, 6) is -1.37. The number of carbonyl (C=O) groups excluding carboxylic acids is 4. The number of thiazole rings is 1. The van der Waals surface area contributed by atoms with Crippen molar-refractivity contribution in [1.29, 1.82) is 0 Å². The standard InChI is InChI=1S/C18H19N3O6S/c1-3-27-11-5-4-6-12-17(11)21(10-16(25)26-2)18(28-12)19-13(22)9-20-14(23)7-8-15(20)24/h4-6H,3,7-10H2,1-2H3. The van der Waals surface area contributed by atoms with Crippen LogP contribution in [0.5, 0.6) is 5.75 Å². The largest absolute Gasteiger partial charge is 0.492 e. The lowest BCUT2D eigenvalue weighted by Gasteiger charge is -2.10. The van der Waals surface area contributed by atoms with E-state index in [1.165, 1.54) is 18.4 Å². The van der Waals surface area contributed by atoms with Gasteiger partial charge in [-0.1, -0.05) is 17.4 Å². The van der Waals surface area contributed by atoms with E-state index >= 15 is 0 Å². The van der Waals surface area contributed by atoms with Gasteiger partial charge in [-0.2, -0.15) is 4.99 Å². The van der Waals surface area contributed by atoms with E-state index in [2.05, 4.69) is 4.99 Å². The summed E-state index contributed by atoms with van der Waals surface area (Å²) in [4.78, 5) is 52.9. The number of amides is 3. The highest BCUT2D eigenvalue weighted by molar-refractivity contribution is 7.16. The number of hydrogen-bond acceptors (Lipinski definition) is 7. The molecule has 0 radical (unpaired) electrons. The molecule has 0 atom stereocenters. The number of esters is 1. The minimum absolute atomic E-state index is 0.106. The maximum absolute atomic E-state index is 12.4. The third kappa shape index (κ3) is 3.96. The molecular weight excluding hydrogens is 386 g/mol. The minimum Gasteiger partial charge on any atom is -0.492 e. The average molecular weight is 405 g/mol. The highest BCUT2D eigenvalue weighted by Gasteiger charge is 2.30. The summed E-state index contributed by atoms with van der Waals surface area (Å²) in [5, 5.41) is 0. The number of benzene rings is 1. The molecule has 1 aliphatic rings. The molecule has 1 saturated heterocycles. The topological polar surface area (TPSA) is 107 Å². The summed E-state index contributed by atoms with van der Waals surface area (Å²) in [6.45, 7) is 1.70. The summed E-state index contributed by atoms with van der Waals surface area (Å²) in [7, 11) is 1.27. The zero-order valence-electron chi connectivity index (χ0n) is 15.5. The van der Waals surface area contributed by atoms with Gasteiger partial charge in [0.1, 0.15) is 24.4 Å². The van der Waals surface area contributed by atoms with Gasteiger partial charge in [-0.15, -0.1) is 0 Å². The van der Waals surface area contributed by atoms with Crippen molar-refractivity contribution >= 4 is 45.2 Å². The van der Waals surface area contributed by atoms with Gasteiger partial charge < -0.3 is 14.0 Å². The number of methoxy groups -OCH3 is 1. The quantitative estimate of drug-likeness (QED) is 0.521. The number of rotatable bonds is 6.